The third-order valence-electron chi connectivity index (χ3n) is 4.83. The number of hydrogen-bond acceptors (Lipinski definition) is 2. The van der Waals surface area contributed by atoms with E-state index in [9.17, 15) is 0 Å². The first kappa shape index (κ1) is 12.4. The molecule has 4 unspecified atom stereocenters. The monoisotopic (exact) mass is 224 g/mol. The second-order valence-electron chi connectivity index (χ2n) is 6.02. The van der Waals surface area contributed by atoms with Crippen LogP contribution in [0.2, 0.25) is 0 Å². The van der Waals surface area contributed by atoms with Crippen LogP contribution in [0, 0.1) is 11.8 Å². The zero-order chi connectivity index (χ0) is 11.7. The van der Waals surface area contributed by atoms with E-state index in [0.29, 0.717) is 6.04 Å². The van der Waals surface area contributed by atoms with Crippen molar-refractivity contribution in [1.29, 1.82) is 0 Å². The summed E-state index contributed by atoms with van der Waals surface area (Å²) in [5.41, 5.74) is 0. The highest BCUT2D eigenvalue weighted by Gasteiger charge is 2.37. The van der Waals surface area contributed by atoms with Crippen molar-refractivity contribution < 1.29 is 0 Å². The summed E-state index contributed by atoms with van der Waals surface area (Å²) in [4.78, 5) is 2.74. The Kier molecular flexibility index (Phi) is 3.91. The predicted octanol–water partition coefficient (Wildman–Crippen LogP) is 2.49. The Morgan fingerprint density at radius 1 is 1.31 bits per heavy atom. The van der Waals surface area contributed by atoms with Crippen LogP contribution in [0.1, 0.15) is 47.0 Å². The maximum Gasteiger partial charge on any atom is 0.0224 e. The van der Waals surface area contributed by atoms with E-state index in [1.807, 2.05) is 0 Å². The lowest BCUT2D eigenvalue weighted by molar-refractivity contribution is 0.0661. The highest BCUT2D eigenvalue weighted by molar-refractivity contribution is 4.95. The summed E-state index contributed by atoms with van der Waals surface area (Å²) in [5.74, 6) is 1.81. The van der Waals surface area contributed by atoms with E-state index < -0.39 is 0 Å². The van der Waals surface area contributed by atoms with Crippen molar-refractivity contribution in [2.45, 2.75) is 65.1 Å². The van der Waals surface area contributed by atoms with E-state index in [1.165, 1.54) is 32.4 Å². The van der Waals surface area contributed by atoms with Gasteiger partial charge in [-0.05, 0) is 38.5 Å². The van der Waals surface area contributed by atoms with Gasteiger partial charge in [-0.2, -0.15) is 0 Å². The highest BCUT2D eigenvalue weighted by Crippen LogP contribution is 2.35. The van der Waals surface area contributed by atoms with Gasteiger partial charge in [-0.1, -0.05) is 20.3 Å². The van der Waals surface area contributed by atoms with Gasteiger partial charge in [0.05, 0.1) is 0 Å². The molecule has 0 aromatic heterocycles. The molecule has 1 heterocycles. The Bertz CT molecular complexity index is 225. The molecule has 1 saturated heterocycles. The summed E-state index contributed by atoms with van der Waals surface area (Å²) in [6, 6.07) is 2.23. The van der Waals surface area contributed by atoms with Crippen LogP contribution in [-0.2, 0) is 0 Å². The second kappa shape index (κ2) is 5.05. The van der Waals surface area contributed by atoms with E-state index in [0.717, 1.165) is 23.9 Å². The molecule has 2 heteroatoms. The van der Waals surface area contributed by atoms with Crippen molar-refractivity contribution in [2.75, 3.05) is 13.1 Å². The summed E-state index contributed by atoms with van der Waals surface area (Å²) in [6.07, 6.45) is 4.21. The molecule has 2 nitrogen and oxygen atoms in total. The lowest BCUT2D eigenvalue weighted by atomic mass is 9.95. The van der Waals surface area contributed by atoms with E-state index in [4.69, 9.17) is 0 Å². The largest absolute Gasteiger partial charge is 0.311 e. The molecule has 0 bridgehead atoms. The van der Waals surface area contributed by atoms with Gasteiger partial charge in [-0.3, -0.25) is 4.90 Å². The van der Waals surface area contributed by atoms with Crippen molar-refractivity contribution >= 4 is 0 Å². The van der Waals surface area contributed by atoms with E-state index in [1.54, 1.807) is 0 Å². The van der Waals surface area contributed by atoms with Gasteiger partial charge in [-0.15, -0.1) is 0 Å². The molecule has 0 spiro atoms. The quantitative estimate of drug-likeness (QED) is 0.789. The smallest absolute Gasteiger partial charge is 0.0224 e. The number of piperazine rings is 1. The molecule has 1 N–H and O–H groups in total. The Morgan fingerprint density at radius 2 is 2.00 bits per heavy atom. The van der Waals surface area contributed by atoms with Gasteiger partial charge in [0.1, 0.15) is 0 Å². The van der Waals surface area contributed by atoms with Crippen LogP contribution in [0.15, 0.2) is 0 Å². The van der Waals surface area contributed by atoms with Crippen molar-refractivity contribution in [3.8, 4) is 0 Å². The van der Waals surface area contributed by atoms with E-state index in [-0.39, 0.29) is 0 Å². The van der Waals surface area contributed by atoms with Crippen LogP contribution < -0.4 is 5.32 Å². The third kappa shape index (κ3) is 2.60. The molecule has 1 aliphatic heterocycles. The minimum Gasteiger partial charge on any atom is -0.311 e. The average molecular weight is 224 g/mol. The Balaban J connectivity index is 1.94. The molecule has 0 amide bonds. The molecule has 2 fully saturated rings. The molecule has 0 aromatic carbocycles. The maximum absolute atomic E-state index is 3.73. The van der Waals surface area contributed by atoms with Gasteiger partial charge in [0, 0.05) is 31.2 Å². The molecule has 2 aliphatic rings. The fourth-order valence-corrected chi connectivity index (χ4v) is 2.96. The van der Waals surface area contributed by atoms with Gasteiger partial charge in [-0.25, -0.2) is 0 Å². The van der Waals surface area contributed by atoms with Crippen LogP contribution in [0.3, 0.4) is 0 Å². The van der Waals surface area contributed by atoms with Crippen LogP contribution in [0.25, 0.3) is 0 Å². The first-order chi connectivity index (χ1) is 7.63. The molecule has 94 valence electrons. The first-order valence-electron chi connectivity index (χ1n) is 7.12. The second-order valence-corrected chi connectivity index (χ2v) is 6.02. The molecule has 1 aliphatic carbocycles. The molecular weight excluding hydrogens is 196 g/mol. The fourth-order valence-electron chi connectivity index (χ4n) is 2.96. The van der Waals surface area contributed by atoms with Crippen molar-refractivity contribution in [2.24, 2.45) is 11.8 Å². The lowest BCUT2D eigenvalue weighted by Crippen LogP contribution is -2.59. The standard InChI is InChI=1S/C14H28N2/c1-5-10(2)12(4)16-9-14(13-6-7-13)15-8-11(16)3/h10-15H,5-9H2,1-4H3. The number of nitrogens with one attached hydrogen (secondary N) is 1. The lowest BCUT2D eigenvalue weighted by Gasteiger charge is -2.44. The van der Waals surface area contributed by atoms with Gasteiger partial charge in [0.15, 0.2) is 0 Å². The number of hydrogen-bond donors (Lipinski definition) is 1. The highest BCUT2D eigenvalue weighted by atomic mass is 15.3. The Labute approximate surface area is 101 Å². The molecule has 4 atom stereocenters. The van der Waals surface area contributed by atoms with Crippen LogP contribution in [0.5, 0.6) is 0 Å². The zero-order valence-electron chi connectivity index (χ0n) is 11.4. The van der Waals surface area contributed by atoms with Gasteiger partial charge >= 0.3 is 0 Å². The normalized spacial score (nSPS) is 36.0. The number of nitrogens with zero attached hydrogens (tertiary/aromatic N) is 1. The van der Waals surface area contributed by atoms with Crippen LogP contribution in [-0.4, -0.2) is 36.1 Å². The average Bonchev–Trinajstić information content (AvgIpc) is 3.11. The summed E-state index contributed by atoms with van der Waals surface area (Å²) < 4.78 is 0. The first-order valence-corrected chi connectivity index (χ1v) is 7.12. The van der Waals surface area contributed by atoms with Gasteiger partial charge in [0.2, 0.25) is 0 Å². The molecule has 0 radical (unpaired) electrons. The van der Waals surface area contributed by atoms with Crippen LogP contribution in [0.4, 0.5) is 0 Å². The topological polar surface area (TPSA) is 15.3 Å². The van der Waals surface area contributed by atoms with Gasteiger partial charge in [0.25, 0.3) is 0 Å². The minimum atomic E-state index is 0.707. The summed E-state index contributed by atoms with van der Waals surface area (Å²) in [5, 5.41) is 3.73. The Hall–Kier alpha value is -0.0800. The molecule has 2 rings (SSSR count). The van der Waals surface area contributed by atoms with Crippen LogP contribution >= 0.6 is 0 Å². The van der Waals surface area contributed by atoms with Crippen molar-refractivity contribution in [1.82, 2.24) is 10.2 Å². The van der Waals surface area contributed by atoms with E-state index in [2.05, 4.69) is 37.9 Å². The van der Waals surface area contributed by atoms with Gasteiger partial charge < -0.3 is 5.32 Å². The van der Waals surface area contributed by atoms with Crippen molar-refractivity contribution in [3.05, 3.63) is 0 Å². The summed E-state index contributed by atoms with van der Waals surface area (Å²) in [6.45, 7) is 12.0. The summed E-state index contributed by atoms with van der Waals surface area (Å²) >= 11 is 0. The minimum absolute atomic E-state index is 0.707. The molecule has 16 heavy (non-hydrogen) atoms. The molecule has 1 saturated carbocycles. The van der Waals surface area contributed by atoms with Crippen molar-refractivity contribution in [3.63, 3.8) is 0 Å². The fraction of sp³-hybridized carbons (Fsp3) is 1.00. The SMILES string of the molecule is CCC(C)C(C)N1CC(C2CC2)NCC1C. The summed E-state index contributed by atoms with van der Waals surface area (Å²) in [7, 11) is 0. The maximum atomic E-state index is 3.73. The Morgan fingerprint density at radius 3 is 2.56 bits per heavy atom. The zero-order valence-corrected chi connectivity index (χ0v) is 11.4. The third-order valence-corrected chi connectivity index (χ3v) is 4.83. The molecular formula is C14H28N2. The molecule has 0 aromatic rings. The van der Waals surface area contributed by atoms with E-state index >= 15 is 0 Å². The predicted molar refractivity (Wildman–Crippen MR) is 69.6 cm³/mol. The number of rotatable bonds is 4.